The van der Waals surface area contributed by atoms with E-state index >= 15 is 0 Å². The molecule has 106 valence electrons. The van der Waals surface area contributed by atoms with Crippen molar-refractivity contribution in [1.29, 1.82) is 0 Å². The van der Waals surface area contributed by atoms with E-state index < -0.39 is 0 Å². The maximum Gasteiger partial charge on any atom is 0.0146 e. The summed E-state index contributed by atoms with van der Waals surface area (Å²) in [7, 11) is 0. The van der Waals surface area contributed by atoms with Crippen LogP contribution in [0.2, 0.25) is 0 Å². The summed E-state index contributed by atoms with van der Waals surface area (Å²) in [6.07, 6.45) is 3.79. The van der Waals surface area contributed by atoms with E-state index in [0.29, 0.717) is 6.04 Å². The molecule has 0 bridgehead atoms. The molecule has 0 aliphatic carbocycles. The molecule has 19 heavy (non-hydrogen) atoms. The molecule has 2 nitrogen and oxygen atoms in total. The highest BCUT2D eigenvalue weighted by Gasteiger charge is 2.26. The summed E-state index contributed by atoms with van der Waals surface area (Å²) >= 11 is 1.87. The van der Waals surface area contributed by atoms with Crippen LogP contribution in [0, 0.1) is 0 Å². The van der Waals surface area contributed by atoms with Crippen molar-refractivity contribution in [1.82, 2.24) is 4.90 Å². The molecule has 3 heteroatoms. The summed E-state index contributed by atoms with van der Waals surface area (Å²) < 4.78 is 0. The fourth-order valence-corrected chi connectivity index (χ4v) is 3.73. The van der Waals surface area contributed by atoms with Gasteiger partial charge in [-0.2, -0.15) is 0 Å². The van der Waals surface area contributed by atoms with Crippen LogP contribution < -0.4 is 5.73 Å². The van der Waals surface area contributed by atoms with Crippen molar-refractivity contribution >= 4 is 11.8 Å². The van der Waals surface area contributed by atoms with E-state index in [9.17, 15) is 0 Å². The van der Waals surface area contributed by atoms with Gasteiger partial charge in [0, 0.05) is 35.3 Å². The molecule has 0 saturated carbocycles. The molecule has 2 unspecified atom stereocenters. The Kier molecular flexibility index (Phi) is 5.74. The Hall–Kier alpha value is -0.510. The van der Waals surface area contributed by atoms with Crippen molar-refractivity contribution in [3.8, 4) is 0 Å². The van der Waals surface area contributed by atoms with Crippen LogP contribution in [-0.4, -0.2) is 35.3 Å². The first-order valence-electron chi connectivity index (χ1n) is 7.36. The fourth-order valence-electron chi connectivity index (χ4n) is 2.81. The SMILES string of the molecule is CC1CCC(C)N1CC[C@@H](N)CSc1ccccc1. The Bertz CT molecular complexity index is 358. The lowest BCUT2D eigenvalue weighted by molar-refractivity contribution is 0.208. The van der Waals surface area contributed by atoms with E-state index in [0.717, 1.165) is 30.8 Å². The molecule has 1 saturated heterocycles. The van der Waals surface area contributed by atoms with Gasteiger partial charge in [0.05, 0.1) is 0 Å². The molecule has 0 amide bonds. The van der Waals surface area contributed by atoms with E-state index in [1.54, 1.807) is 0 Å². The summed E-state index contributed by atoms with van der Waals surface area (Å²) in [4.78, 5) is 3.94. The van der Waals surface area contributed by atoms with Crippen molar-refractivity contribution in [2.75, 3.05) is 12.3 Å². The second-order valence-electron chi connectivity index (χ2n) is 5.69. The van der Waals surface area contributed by atoms with Gasteiger partial charge in [0.2, 0.25) is 0 Å². The molecule has 1 aliphatic heterocycles. The van der Waals surface area contributed by atoms with Crippen molar-refractivity contribution in [3.63, 3.8) is 0 Å². The van der Waals surface area contributed by atoms with Gasteiger partial charge in [-0.3, -0.25) is 4.90 Å². The van der Waals surface area contributed by atoms with E-state index in [1.165, 1.54) is 17.7 Å². The third-order valence-electron chi connectivity index (χ3n) is 4.10. The van der Waals surface area contributed by atoms with Crippen LogP contribution in [0.25, 0.3) is 0 Å². The first-order chi connectivity index (χ1) is 9.16. The monoisotopic (exact) mass is 278 g/mol. The minimum Gasteiger partial charge on any atom is -0.327 e. The van der Waals surface area contributed by atoms with E-state index in [4.69, 9.17) is 5.73 Å². The van der Waals surface area contributed by atoms with Gasteiger partial charge in [-0.25, -0.2) is 0 Å². The zero-order valence-electron chi connectivity index (χ0n) is 12.1. The lowest BCUT2D eigenvalue weighted by Crippen LogP contribution is -2.37. The average molecular weight is 278 g/mol. The summed E-state index contributed by atoms with van der Waals surface area (Å²) in [5.74, 6) is 1.01. The topological polar surface area (TPSA) is 29.3 Å². The fraction of sp³-hybridized carbons (Fsp3) is 0.625. The van der Waals surface area contributed by atoms with Gasteiger partial charge >= 0.3 is 0 Å². The predicted octanol–water partition coefficient (Wildman–Crippen LogP) is 3.37. The third kappa shape index (κ3) is 4.51. The number of benzene rings is 1. The molecule has 0 aromatic heterocycles. The smallest absolute Gasteiger partial charge is 0.0146 e. The molecular formula is C16H26N2S. The quantitative estimate of drug-likeness (QED) is 0.809. The number of thioether (sulfide) groups is 1. The Balaban J connectivity index is 1.68. The van der Waals surface area contributed by atoms with Crippen LogP contribution >= 0.6 is 11.8 Å². The van der Waals surface area contributed by atoms with Crippen LogP contribution in [0.4, 0.5) is 0 Å². The molecule has 0 spiro atoms. The molecule has 1 aromatic carbocycles. The summed E-state index contributed by atoms with van der Waals surface area (Å²) in [6, 6.07) is 12.3. The number of rotatable bonds is 6. The van der Waals surface area contributed by atoms with Crippen molar-refractivity contribution in [2.45, 2.75) is 56.1 Å². The average Bonchev–Trinajstić information content (AvgIpc) is 2.75. The minimum absolute atomic E-state index is 0.296. The van der Waals surface area contributed by atoms with Gasteiger partial charge in [-0.15, -0.1) is 11.8 Å². The van der Waals surface area contributed by atoms with Crippen molar-refractivity contribution in [3.05, 3.63) is 30.3 Å². The van der Waals surface area contributed by atoms with Crippen LogP contribution in [-0.2, 0) is 0 Å². The molecule has 2 rings (SSSR count). The molecule has 1 aliphatic rings. The summed E-state index contributed by atoms with van der Waals surface area (Å²) in [6.45, 7) is 5.83. The van der Waals surface area contributed by atoms with Crippen LogP contribution in [0.5, 0.6) is 0 Å². The van der Waals surface area contributed by atoms with Gasteiger partial charge in [-0.1, -0.05) is 18.2 Å². The zero-order valence-corrected chi connectivity index (χ0v) is 12.9. The number of hydrogen-bond acceptors (Lipinski definition) is 3. The largest absolute Gasteiger partial charge is 0.327 e. The number of nitrogens with zero attached hydrogens (tertiary/aromatic N) is 1. The molecule has 1 fully saturated rings. The van der Waals surface area contributed by atoms with E-state index in [2.05, 4.69) is 49.1 Å². The van der Waals surface area contributed by atoms with Crippen LogP contribution in [0.15, 0.2) is 35.2 Å². The third-order valence-corrected chi connectivity index (χ3v) is 5.30. The highest BCUT2D eigenvalue weighted by Crippen LogP contribution is 2.24. The normalized spacial score (nSPS) is 25.6. The van der Waals surface area contributed by atoms with Crippen LogP contribution in [0.1, 0.15) is 33.1 Å². The summed E-state index contributed by atoms with van der Waals surface area (Å²) in [5, 5.41) is 0. The standard InChI is InChI=1S/C16H26N2S/c1-13-8-9-14(2)18(13)11-10-15(17)12-19-16-6-4-3-5-7-16/h3-7,13-15H,8-12,17H2,1-2H3/t13?,14?,15-/m1/s1. The Morgan fingerprint density at radius 3 is 2.47 bits per heavy atom. The Labute approximate surface area is 121 Å². The first kappa shape index (κ1) is 14.9. The molecule has 2 N–H and O–H groups in total. The highest BCUT2D eigenvalue weighted by molar-refractivity contribution is 7.99. The van der Waals surface area contributed by atoms with Gasteiger partial charge in [0.1, 0.15) is 0 Å². The van der Waals surface area contributed by atoms with E-state index in [1.807, 2.05) is 11.8 Å². The minimum atomic E-state index is 0.296. The summed E-state index contributed by atoms with van der Waals surface area (Å²) in [5.41, 5.74) is 6.24. The lowest BCUT2D eigenvalue weighted by Gasteiger charge is -2.27. The zero-order chi connectivity index (χ0) is 13.7. The molecule has 1 heterocycles. The molecule has 0 radical (unpaired) electrons. The maximum atomic E-state index is 6.24. The Morgan fingerprint density at radius 1 is 1.21 bits per heavy atom. The molecule has 3 atom stereocenters. The Morgan fingerprint density at radius 2 is 1.84 bits per heavy atom. The molecule has 1 aromatic rings. The number of hydrogen-bond donors (Lipinski definition) is 1. The van der Waals surface area contributed by atoms with Crippen molar-refractivity contribution < 1.29 is 0 Å². The van der Waals surface area contributed by atoms with E-state index in [-0.39, 0.29) is 0 Å². The van der Waals surface area contributed by atoms with Gasteiger partial charge in [-0.05, 0) is 45.2 Å². The maximum absolute atomic E-state index is 6.24. The number of nitrogens with two attached hydrogens (primary N) is 1. The lowest BCUT2D eigenvalue weighted by atomic mass is 10.2. The molecular weight excluding hydrogens is 252 g/mol. The van der Waals surface area contributed by atoms with Gasteiger partial charge < -0.3 is 5.73 Å². The second kappa shape index (κ2) is 7.32. The second-order valence-corrected chi connectivity index (χ2v) is 6.78. The first-order valence-corrected chi connectivity index (χ1v) is 8.34. The van der Waals surface area contributed by atoms with Crippen molar-refractivity contribution in [2.24, 2.45) is 5.73 Å². The predicted molar refractivity (Wildman–Crippen MR) is 84.6 cm³/mol. The number of likely N-dealkylation sites (tertiary alicyclic amines) is 1. The highest BCUT2D eigenvalue weighted by atomic mass is 32.2. The van der Waals surface area contributed by atoms with Crippen LogP contribution in [0.3, 0.4) is 0 Å². The van der Waals surface area contributed by atoms with Gasteiger partial charge in [0.15, 0.2) is 0 Å². The van der Waals surface area contributed by atoms with Gasteiger partial charge in [0.25, 0.3) is 0 Å².